The van der Waals surface area contributed by atoms with E-state index in [1.165, 1.54) is 44.9 Å². The molecule has 1 heterocycles. The first kappa shape index (κ1) is 24.6. The Morgan fingerprint density at radius 1 is 1.09 bits per heavy atom. The van der Waals surface area contributed by atoms with Gasteiger partial charge in [0.2, 0.25) is 0 Å². The molecular weight excluding hydrogens is 420 g/mol. The highest BCUT2D eigenvalue weighted by Gasteiger charge is 2.65. The highest BCUT2D eigenvalue weighted by atomic mass is 16.5. The van der Waals surface area contributed by atoms with Gasteiger partial charge in [-0.25, -0.2) is 4.79 Å². The zero-order valence-corrected chi connectivity index (χ0v) is 23.0. The lowest BCUT2D eigenvalue weighted by Crippen LogP contribution is -2.58. The first-order valence-corrected chi connectivity index (χ1v) is 14.0. The van der Waals surface area contributed by atoms with Crippen LogP contribution in [0.3, 0.4) is 0 Å². The number of cyclic esters (lactones) is 1. The summed E-state index contributed by atoms with van der Waals surface area (Å²) < 4.78 is 11.6. The van der Waals surface area contributed by atoms with Crippen molar-refractivity contribution in [2.45, 2.75) is 112 Å². The number of rotatable bonds is 4. The summed E-state index contributed by atoms with van der Waals surface area (Å²) in [6, 6.07) is 0. The van der Waals surface area contributed by atoms with Crippen molar-refractivity contribution in [2.24, 2.45) is 45.3 Å². The molecule has 0 saturated heterocycles. The van der Waals surface area contributed by atoms with Gasteiger partial charge in [0.05, 0.1) is 6.10 Å². The molecule has 1 aliphatic heterocycles. The largest absolute Gasteiger partial charge is 0.455 e. The predicted octanol–water partition coefficient (Wildman–Crippen LogP) is 7.50. The van der Waals surface area contributed by atoms with Gasteiger partial charge in [-0.2, -0.15) is 0 Å². The average molecular weight is 469 g/mol. The summed E-state index contributed by atoms with van der Waals surface area (Å²) in [7, 11) is 1.91. The number of hydrogen-bond donors (Lipinski definition) is 0. The van der Waals surface area contributed by atoms with E-state index in [1.54, 1.807) is 0 Å². The van der Waals surface area contributed by atoms with E-state index in [0.717, 1.165) is 17.9 Å². The summed E-state index contributed by atoms with van der Waals surface area (Å²) in [6.45, 7) is 17.1. The average Bonchev–Trinajstić information content (AvgIpc) is 3.22. The van der Waals surface area contributed by atoms with Gasteiger partial charge in [0.25, 0.3) is 0 Å². The molecule has 4 aliphatic carbocycles. The van der Waals surface area contributed by atoms with Gasteiger partial charge in [0.15, 0.2) is 0 Å². The number of fused-ring (bicyclic) bond motifs is 5. The number of allylic oxidation sites excluding steroid dienone is 2. The number of methoxy groups -OCH3 is 1. The van der Waals surface area contributed by atoms with Crippen LogP contribution in [0.25, 0.3) is 0 Å². The van der Waals surface area contributed by atoms with Crippen LogP contribution in [0.4, 0.5) is 0 Å². The molecule has 3 heteroatoms. The van der Waals surface area contributed by atoms with E-state index < -0.39 is 0 Å². The highest BCUT2D eigenvalue weighted by molar-refractivity contribution is 5.90. The molecule has 5 aliphatic rings. The molecule has 0 amide bonds. The van der Waals surface area contributed by atoms with Crippen molar-refractivity contribution in [2.75, 3.05) is 7.11 Å². The first-order valence-electron chi connectivity index (χ1n) is 14.0. The zero-order chi connectivity index (χ0) is 24.7. The Labute approximate surface area is 208 Å². The third-order valence-corrected chi connectivity index (χ3v) is 12.4. The summed E-state index contributed by atoms with van der Waals surface area (Å²) >= 11 is 0. The van der Waals surface area contributed by atoms with Crippen LogP contribution in [0, 0.1) is 45.3 Å². The fraction of sp³-hybridized carbons (Fsp3) is 0.839. The molecule has 34 heavy (non-hydrogen) atoms. The van der Waals surface area contributed by atoms with Gasteiger partial charge in [-0.3, -0.25) is 0 Å². The fourth-order valence-corrected chi connectivity index (χ4v) is 10.3. The first-order chi connectivity index (χ1) is 15.9. The molecule has 0 N–H and O–H groups in total. The zero-order valence-electron chi connectivity index (χ0n) is 23.0. The Morgan fingerprint density at radius 2 is 1.82 bits per heavy atom. The molecule has 3 fully saturated rings. The van der Waals surface area contributed by atoms with Crippen LogP contribution in [0.5, 0.6) is 0 Å². The third kappa shape index (κ3) is 3.20. The van der Waals surface area contributed by atoms with Gasteiger partial charge < -0.3 is 9.47 Å². The predicted molar refractivity (Wildman–Crippen MR) is 137 cm³/mol. The van der Waals surface area contributed by atoms with Crippen LogP contribution < -0.4 is 0 Å². The van der Waals surface area contributed by atoms with E-state index in [1.807, 2.05) is 19.6 Å². The summed E-state index contributed by atoms with van der Waals surface area (Å²) in [5.41, 5.74) is 3.83. The van der Waals surface area contributed by atoms with Gasteiger partial charge in [0, 0.05) is 12.7 Å². The maximum absolute atomic E-state index is 11.9. The number of esters is 1. The van der Waals surface area contributed by atoms with Crippen LogP contribution in [-0.2, 0) is 14.3 Å². The summed E-state index contributed by atoms with van der Waals surface area (Å²) in [5, 5.41) is 0. The van der Waals surface area contributed by atoms with E-state index >= 15 is 0 Å². The van der Waals surface area contributed by atoms with Crippen LogP contribution in [0.15, 0.2) is 23.3 Å². The van der Waals surface area contributed by atoms with Crippen LogP contribution in [0.1, 0.15) is 99.8 Å². The van der Waals surface area contributed by atoms with Crippen molar-refractivity contribution in [3.8, 4) is 0 Å². The maximum Gasteiger partial charge on any atom is 0.334 e. The molecule has 190 valence electrons. The maximum atomic E-state index is 11.9. The van der Waals surface area contributed by atoms with E-state index in [2.05, 4.69) is 53.7 Å². The van der Waals surface area contributed by atoms with Crippen LogP contribution in [0.2, 0.25) is 0 Å². The number of carbonyl (C=O) groups is 1. The summed E-state index contributed by atoms with van der Waals surface area (Å²) in [4.78, 5) is 11.9. The van der Waals surface area contributed by atoms with Crippen molar-refractivity contribution in [3.63, 3.8) is 0 Å². The molecule has 0 radical (unpaired) electrons. The van der Waals surface area contributed by atoms with Gasteiger partial charge >= 0.3 is 5.97 Å². The molecule has 3 saturated carbocycles. The second kappa shape index (κ2) is 7.95. The number of ether oxygens (including phenoxy) is 2. The van der Waals surface area contributed by atoms with E-state index in [-0.39, 0.29) is 17.5 Å². The number of carbonyl (C=O) groups excluding carboxylic acids is 1. The lowest BCUT2D eigenvalue weighted by atomic mass is 9.41. The smallest absolute Gasteiger partial charge is 0.334 e. The Balaban J connectivity index is 1.42. The summed E-state index contributed by atoms with van der Waals surface area (Å²) in [5.74, 6) is 2.55. The Bertz CT molecular complexity index is 914. The van der Waals surface area contributed by atoms with Gasteiger partial charge in [-0.15, -0.1) is 0 Å². The normalized spacial score (nSPS) is 48.2. The molecule has 3 nitrogen and oxygen atoms in total. The van der Waals surface area contributed by atoms with Gasteiger partial charge in [-0.05, 0) is 110 Å². The minimum absolute atomic E-state index is 0.0268. The van der Waals surface area contributed by atoms with E-state index in [0.29, 0.717) is 40.1 Å². The van der Waals surface area contributed by atoms with Gasteiger partial charge in [-0.1, -0.05) is 53.2 Å². The van der Waals surface area contributed by atoms with Gasteiger partial charge in [0.1, 0.15) is 6.10 Å². The van der Waals surface area contributed by atoms with Crippen molar-refractivity contribution >= 4 is 5.97 Å². The van der Waals surface area contributed by atoms with Crippen molar-refractivity contribution in [1.29, 1.82) is 0 Å². The standard InChI is InChI=1S/C31H48O3/c1-19(17-21-18-20(2)27(32)34-21)22-11-15-31(7)24-9-10-25-28(3,4)26(33-8)13-14-29(25,5)23(24)12-16-30(22,31)6/h9,18-19,21-23,25-26H,10-17H2,1-8H3/t19-,21-,22-,23-,25?,26-,29-,30-,31+/m1/s1. The SMILES string of the molecule is CO[C@@H]1CC[C@@]2(C)C(CC=C3[C@H]2CC[C@]2(C)[C@@H]([C@H](C)C[C@@H]4C=C(C)C(=O)O4)CC[C@@]32C)C1(C)C. The third-order valence-electron chi connectivity index (χ3n) is 12.4. The Hall–Kier alpha value is -1.09. The molecule has 0 spiro atoms. The second-order valence-electron chi connectivity index (χ2n) is 14.0. The van der Waals surface area contributed by atoms with Crippen LogP contribution in [-0.4, -0.2) is 25.3 Å². The second-order valence-corrected chi connectivity index (χ2v) is 14.0. The fourth-order valence-electron chi connectivity index (χ4n) is 10.3. The Morgan fingerprint density at radius 3 is 2.47 bits per heavy atom. The van der Waals surface area contributed by atoms with E-state index in [4.69, 9.17) is 9.47 Å². The number of hydrogen-bond acceptors (Lipinski definition) is 3. The summed E-state index contributed by atoms with van der Waals surface area (Å²) in [6.07, 6.45) is 15.1. The van der Waals surface area contributed by atoms with E-state index in [9.17, 15) is 4.79 Å². The van der Waals surface area contributed by atoms with Crippen molar-refractivity contribution < 1.29 is 14.3 Å². The lowest BCUT2D eigenvalue weighted by molar-refractivity contribution is -0.143. The molecule has 0 bridgehead atoms. The van der Waals surface area contributed by atoms with Crippen LogP contribution >= 0.6 is 0 Å². The topological polar surface area (TPSA) is 35.5 Å². The monoisotopic (exact) mass is 468 g/mol. The minimum atomic E-state index is -0.124. The molecule has 1 unspecified atom stereocenters. The van der Waals surface area contributed by atoms with Crippen molar-refractivity contribution in [3.05, 3.63) is 23.3 Å². The minimum Gasteiger partial charge on any atom is -0.455 e. The molecule has 9 atom stereocenters. The lowest BCUT2D eigenvalue weighted by Gasteiger charge is -2.64. The molecule has 5 rings (SSSR count). The molecule has 0 aromatic rings. The Kier molecular flexibility index (Phi) is 5.75. The molecule has 0 aromatic carbocycles. The molecular formula is C31H48O3. The van der Waals surface area contributed by atoms with Crippen molar-refractivity contribution in [1.82, 2.24) is 0 Å². The highest BCUT2D eigenvalue weighted by Crippen LogP contribution is 2.73. The molecule has 0 aromatic heterocycles. The quantitative estimate of drug-likeness (QED) is 0.316.